The molecule has 6 nitrogen and oxygen atoms in total. The van der Waals surface area contributed by atoms with E-state index < -0.39 is 0 Å². The van der Waals surface area contributed by atoms with E-state index in [0.29, 0.717) is 17.8 Å². The first-order valence-electron chi connectivity index (χ1n) is 8.43. The van der Waals surface area contributed by atoms with Gasteiger partial charge in [-0.1, -0.05) is 36.4 Å². The summed E-state index contributed by atoms with van der Waals surface area (Å²) in [6.45, 7) is 3.52. The topological polar surface area (TPSA) is 87.3 Å². The molecule has 2 rings (SSSR count). The third kappa shape index (κ3) is 6.05. The summed E-state index contributed by atoms with van der Waals surface area (Å²) in [5.41, 5.74) is 3.01. The van der Waals surface area contributed by atoms with Crippen molar-refractivity contribution < 1.29 is 14.4 Å². The van der Waals surface area contributed by atoms with Crippen LogP contribution in [0.15, 0.2) is 48.5 Å². The summed E-state index contributed by atoms with van der Waals surface area (Å²) in [6.07, 6.45) is 0.463. The highest BCUT2D eigenvalue weighted by atomic mass is 16.2. The van der Waals surface area contributed by atoms with Gasteiger partial charge in [0.05, 0.1) is 6.42 Å². The highest BCUT2D eigenvalue weighted by Crippen LogP contribution is 2.23. The van der Waals surface area contributed by atoms with E-state index >= 15 is 0 Å². The molecule has 0 aliphatic heterocycles. The van der Waals surface area contributed by atoms with Gasteiger partial charge in [0.2, 0.25) is 17.7 Å². The van der Waals surface area contributed by atoms with Crippen molar-refractivity contribution in [2.24, 2.45) is 0 Å². The third-order valence-electron chi connectivity index (χ3n) is 3.80. The van der Waals surface area contributed by atoms with Gasteiger partial charge in [0.25, 0.3) is 0 Å². The van der Waals surface area contributed by atoms with Crippen LogP contribution < -0.4 is 16.0 Å². The fourth-order valence-electron chi connectivity index (χ4n) is 2.47. The Labute approximate surface area is 153 Å². The van der Waals surface area contributed by atoms with E-state index in [-0.39, 0.29) is 30.7 Å². The molecule has 0 radical (unpaired) electrons. The quantitative estimate of drug-likeness (QED) is 0.715. The Morgan fingerprint density at radius 2 is 1.50 bits per heavy atom. The molecule has 3 amide bonds. The largest absolute Gasteiger partial charge is 0.355 e. The van der Waals surface area contributed by atoms with Crippen molar-refractivity contribution >= 4 is 29.1 Å². The zero-order chi connectivity index (χ0) is 18.9. The third-order valence-corrected chi connectivity index (χ3v) is 3.80. The highest BCUT2D eigenvalue weighted by Gasteiger charge is 2.09. The lowest BCUT2D eigenvalue weighted by Gasteiger charge is -2.13. The van der Waals surface area contributed by atoms with Crippen molar-refractivity contribution in [1.29, 1.82) is 0 Å². The first kappa shape index (κ1) is 19.2. The van der Waals surface area contributed by atoms with Gasteiger partial charge in [-0.05, 0) is 30.2 Å². The summed E-state index contributed by atoms with van der Waals surface area (Å²) in [5, 5.41) is 8.27. The van der Waals surface area contributed by atoms with Crippen LogP contribution in [0.3, 0.4) is 0 Å². The van der Waals surface area contributed by atoms with Crippen molar-refractivity contribution in [3.8, 4) is 0 Å². The zero-order valence-electron chi connectivity index (χ0n) is 15.0. The Hall–Kier alpha value is -3.15. The zero-order valence-corrected chi connectivity index (χ0v) is 15.0. The number of hydrogen-bond acceptors (Lipinski definition) is 3. The molecule has 0 aliphatic carbocycles. The van der Waals surface area contributed by atoms with E-state index in [4.69, 9.17) is 0 Å². The predicted molar refractivity (Wildman–Crippen MR) is 102 cm³/mol. The van der Waals surface area contributed by atoms with E-state index in [1.807, 2.05) is 37.3 Å². The van der Waals surface area contributed by atoms with E-state index in [9.17, 15) is 14.4 Å². The normalized spacial score (nSPS) is 10.1. The van der Waals surface area contributed by atoms with Gasteiger partial charge in [0.15, 0.2) is 0 Å². The van der Waals surface area contributed by atoms with Gasteiger partial charge in [-0.3, -0.25) is 14.4 Å². The van der Waals surface area contributed by atoms with Crippen LogP contribution in [0, 0.1) is 6.92 Å². The molecule has 0 saturated heterocycles. The lowest BCUT2D eigenvalue weighted by Crippen LogP contribution is -2.29. The molecular weight excluding hydrogens is 330 g/mol. The van der Waals surface area contributed by atoms with E-state index in [1.54, 1.807) is 18.2 Å². The van der Waals surface area contributed by atoms with Crippen LogP contribution in [-0.4, -0.2) is 24.3 Å². The molecule has 0 bridgehead atoms. The van der Waals surface area contributed by atoms with E-state index in [2.05, 4.69) is 16.0 Å². The van der Waals surface area contributed by atoms with Crippen LogP contribution in [0.1, 0.15) is 24.5 Å². The average molecular weight is 353 g/mol. The van der Waals surface area contributed by atoms with Crippen molar-refractivity contribution in [3.63, 3.8) is 0 Å². The molecule has 0 aliphatic rings. The molecular formula is C20H23N3O3. The van der Waals surface area contributed by atoms with Crippen molar-refractivity contribution in [2.75, 3.05) is 17.2 Å². The molecule has 2 aromatic rings. The Bertz CT molecular complexity index is 788. The number of rotatable bonds is 7. The standard InChI is InChI=1S/C20H23N3O3/c1-14-17(22-15(2)24)9-6-10-18(14)23-19(25)11-12-21-20(26)13-16-7-4-3-5-8-16/h3-10H,11-13H2,1-2H3,(H,21,26)(H,22,24)(H,23,25). The maximum Gasteiger partial charge on any atom is 0.226 e. The van der Waals surface area contributed by atoms with Crippen LogP contribution in [0.2, 0.25) is 0 Å². The number of benzene rings is 2. The molecule has 0 aromatic heterocycles. The Balaban J connectivity index is 1.80. The molecule has 0 atom stereocenters. The van der Waals surface area contributed by atoms with Crippen LogP contribution in [0.5, 0.6) is 0 Å². The fourth-order valence-corrected chi connectivity index (χ4v) is 2.47. The summed E-state index contributed by atoms with van der Waals surface area (Å²) in [7, 11) is 0. The summed E-state index contributed by atoms with van der Waals surface area (Å²) in [6, 6.07) is 14.7. The highest BCUT2D eigenvalue weighted by molar-refractivity contribution is 5.95. The maximum absolute atomic E-state index is 12.1. The molecule has 3 N–H and O–H groups in total. The number of nitrogens with one attached hydrogen (secondary N) is 3. The number of anilines is 2. The smallest absolute Gasteiger partial charge is 0.226 e. The summed E-state index contributed by atoms with van der Waals surface area (Å²) in [5.74, 6) is -0.487. The molecule has 0 spiro atoms. The molecule has 136 valence electrons. The van der Waals surface area contributed by atoms with Crippen LogP contribution >= 0.6 is 0 Å². The van der Waals surface area contributed by atoms with Crippen molar-refractivity contribution in [2.45, 2.75) is 26.7 Å². The van der Waals surface area contributed by atoms with Crippen molar-refractivity contribution in [1.82, 2.24) is 5.32 Å². The predicted octanol–water partition coefficient (Wildman–Crippen LogP) is 2.64. The SMILES string of the molecule is CC(=O)Nc1cccc(NC(=O)CCNC(=O)Cc2ccccc2)c1C. The number of carbonyl (C=O) groups excluding carboxylic acids is 3. The monoisotopic (exact) mass is 353 g/mol. The number of hydrogen-bond donors (Lipinski definition) is 3. The fraction of sp³-hybridized carbons (Fsp3) is 0.250. The first-order chi connectivity index (χ1) is 12.5. The molecule has 0 heterocycles. The molecule has 0 fully saturated rings. The van der Waals surface area contributed by atoms with Gasteiger partial charge in [-0.2, -0.15) is 0 Å². The average Bonchev–Trinajstić information content (AvgIpc) is 2.59. The molecule has 0 unspecified atom stereocenters. The Morgan fingerprint density at radius 3 is 2.15 bits per heavy atom. The van der Waals surface area contributed by atoms with Gasteiger partial charge >= 0.3 is 0 Å². The first-order valence-corrected chi connectivity index (χ1v) is 8.43. The second-order valence-electron chi connectivity index (χ2n) is 5.97. The number of carbonyl (C=O) groups is 3. The van der Waals surface area contributed by atoms with Gasteiger partial charge in [0.1, 0.15) is 0 Å². The second kappa shape index (κ2) is 9.36. The van der Waals surface area contributed by atoms with E-state index in [0.717, 1.165) is 11.1 Å². The van der Waals surface area contributed by atoms with Gasteiger partial charge in [0, 0.05) is 31.3 Å². The van der Waals surface area contributed by atoms with Gasteiger partial charge in [-0.15, -0.1) is 0 Å². The lowest BCUT2D eigenvalue weighted by atomic mass is 10.1. The Kier molecular flexibility index (Phi) is 6.91. The minimum atomic E-state index is -0.201. The Morgan fingerprint density at radius 1 is 0.846 bits per heavy atom. The van der Waals surface area contributed by atoms with Crippen molar-refractivity contribution in [3.05, 3.63) is 59.7 Å². The number of amides is 3. The maximum atomic E-state index is 12.1. The minimum absolute atomic E-state index is 0.118. The summed E-state index contributed by atoms with van der Waals surface area (Å²) in [4.78, 5) is 35.2. The van der Waals surface area contributed by atoms with Gasteiger partial charge in [-0.25, -0.2) is 0 Å². The van der Waals surface area contributed by atoms with E-state index in [1.165, 1.54) is 6.92 Å². The van der Waals surface area contributed by atoms with Gasteiger partial charge < -0.3 is 16.0 Å². The molecule has 0 saturated carbocycles. The molecule has 6 heteroatoms. The van der Waals surface area contributed by atoms with Crippen LogP contribution in [0.25, 0.3) is 0 Å². The lowest BCUT2D eigenvalue weighted by molar-refractivity contribution is -0.120. The summed E-state index contributed by atoms with van der Waals surface area (Å²) >= 11 is 0. The second-order valence-corrected chi connectivity index (χ2v) is 5.97. The van der Waals surface area contributed by atoms with Crippen LogP contribution in [0.4, 0.5) is 11.4 Å². The molecule has 26 heavy (non-hydrogen) atoms. The summed E-state index contributed by atoms with van der Waals surface area (Å²) < 4.78 is 0. The molecule has 2 aromatic carbocycles. The van der Waals surface area contributed by atoms with Crippen LogP contribution in [-0.2, 0) is 20.8 Å². The minimum Gasteiger partial charge on any atom is -0.355 e.